The Labute approximate surface area is 140 Å². The van der Waals surface area contributed by atoms with Gasteiger partial charge in [-0.05, 0) is 37.0 Å². The van der Waals surface area contributed by atoms with Gasteiger partial charge in [0.05, 0.1) is 6.04 Å². The second kappa shape index (κ2) is 6.32. The molecule has 2 aromatic rings. The zero-order valence-electron chi connectivity index (χ0n) is 13.2. The minimum atomic E-state index is -0.295. The standard InChI is InChI=1S/C19H19ClFNO/c1-12(13-7-4-6-10-18(13)21)22(2)19(23)16-11-15(16)14-8-3-5-9-17(14)20/h3-10,12,15-16H,11H2,1-2H3. The lowest BCUT2D eigenvalue weighted by Gasteiger charge is -2.26. The van der Waals surface area contributed by atoms with E-state index in [1.807, 2.05) is 31.2 Å². The predicted octanol–water partition coefficient (Wildman–Crippen LogP) is 4.80. The van der Waals surface area contributed by atoms with Gasteiger partial charge in [-0.1, -0.05) is 48.0 Å². The molecule has 0 heterocycles. The molecule has 3 rings (SSSR count). The fourth-order valence-corrected chi connectivity index (χ4v) is 3.34. The number of rotatable bonds is 4. The lowest BCUT2D eigenvalue weighted by atomic mass is 10.1. The molecule has 0 aromatic heterocycles. The summed E-state index contributed by atoms with van der Waals surface area (Å²) in [7, 11) is 1.74. The van der Waals surface area contributed by atoms with E-state index in [4.69, 9.17) is 11.6 Å². The molecular formula is C19H19ClFNO. The smallest absolute Gasteiger partial charge is 0.226 e. The van der Waals surface area contributed by atoms with Crippen LogP contribution in [0.3, 0.4) is 0 Å². The summed E-state index contributed by atoms with van der Waals surface area (Å²) in [6.07, 6.45) is 0.802. The number of amides is 1. The molecule has 1 aliphatic rings. The molecule has 0 spiro atoms. The van der Waals surface area contributed by atoms with Crippen molar-refractivity contribution in [3.05, 3.63) is 70.5 Å². The lowest BCUT2D eigenvalue weighted by molar-refractivity contribution is -0.133. The summed E-state index contributed by atoms with van der Waals surface area (Å²) in [6.45, 7) is 1.85. The maximum atomic E-state index is 13.9. The quantitative estimate of drug-likeness (QED) is 0.788. The van der Waals surface area contributed by atoms with Crippen molar-refractivity contribution in [2.75, 3.05) is 7.05 Å². The van der Waals surface area contributed by atoms with Crippen LogP contribution in [-0.2, 0) is 4.79 Å². The van der Waals surface area contributed by atoms with Gasteiger partial charge in [0.1, 0.15) is 5.82 Å². The van der Waals surface area contributed by atoms with Gasteiger partial charge >= 0.3 is 0 Å². The SMILES string of the molecule is CC(c1ccccc1F)N(C)C(=O)C1CC1c1ccccc1Cl. The van der Waals surface area contributed by atoms with Crippen molar-refractivity contribution in [2.45, 2.75) is 25.3 Å². The van der Waals surface area contributed by atoms with Gasteiger partial charge in [-0.25, -0.2) is 4.39 Å². The second-order valence-corrected chi connectivity index (χ2v) is 6.52. The van der Waals surface area contributed by atoms with Crippen LogP contribution in [0.15, 0.2) is 48.5 Å². The van der Waals surface area contributed by atoms with E-state index in [1.54, 1.807) is 30.1 Å². The van der Waals surface area contributed by atoms with E-state index in [0.717, 1.165) is 12.0 Å². The molecule has 23 heavy (non-hydrogen) atoms. The summed E-state index contributed by atoms with van der Waals surface area (Å²) < 4.78 is 13.9. The summed E-state index contributed by atoms with van der Waals surface area (Å²) in [5.41, 5.74) is 1.57. The largest absolute Gasteiger partial charge is 0.339 e. The summed E-state index contributed by atoms with van der Waals surface area (Å²) in [6, 6.07) is 13.9. The molecule has 3 atom stereocenters. The number of carbonyl (C=O) groups is 1. The van der Waals surface area contributed by atoms with Crippen LogP contribution in [0.5, 0.6) is 0 Å². The number of benzene rings is 2. The third-order valence-corrected chi connectivity index (χ3v) is 5.04. The first-order chi connectivity index (χ1) is 11.0. The Kier molecular flexibility index (Phi) is 4.40. The Morgan fingerprint density at radius 3 is 2.57 bits per heavy atom. The molecule has 1 fully saturated rings. The Hall–Kier alpha value is -1.87. The average Bonchev–Trinajstić information content (AvgIpc) is 3.34. The normalized spacial score (nSPS) is 20.9. The Balaban J connectivity index is 1.72. The van der Waals surface area contributed by atoms with E-state index in [-0.39, 0.29) is 29.6 Å². The molecule has 0 radical (unpaired) electrons. The number of carbonyl (C=O) groups excluding carboxylic acids is 1. The van der Waals surface area contributed by atoms with Crippen molar-refractivity contribution in [3.63, 3.8) is 0 Å². The van der Waals surface area contributed by atoms with E-state index in [9.17, 15) is 9.18 Å². The van der Waals surface area contributed by atoms with Gasteiger partial charge in [0.25, 0.3) is 0 Å². The molecule has 1 aliphatic carbocycles. The van der Waals surface area contributed by atoms with Crippen molar-refractivity contribution >= 4 is 17.5 Å². The first kappa shape index (κ1) is 16.0. The van der Waals surface area contributed by atoms with E-state index in [2.05, 4.69) is 0 Å². The van der Waals surface area contributed by atoms with Crippen molar-refractivity contribution in [1.29, 1.82) is 0 Å². The number of nitrogens with zero attached hydrogens (tertiary/aromatic N) is 1. The molecule has 0 aliphatic heterocycles. The van der Waals surface area contributed by atoms with Crippen molar-refractivity contribution in [2.24, 2.45) is 5.92 Å². The highest BCUT2D eigenvalue weighted by Gasteiger charge is 2.46. The van der Waals surface area contributed by atoms with E-state index in [1.165, 1.54) is 6.07 Å². The van der Waals surface area contributed by atoms with Gasteiger partial charge in [-0.15, -0.1) is 0 Å². The lowest BCUT2D eigenvalue weighted by Crippen LogP contribution is -2.31. The highest BCUT2D eigenvalue weighted by Crippen LogP contribution is 2.50. The Bertz CT molecular complexity index is 733. The fourth-order valence-electron chi connectivity index (χ4n) is 3.06. The van der Waals surface area contributed by atoms with Gasteiger partial charge in [0, 0.05) is 23.6 Å². The van der Waals surface area contributed by atoms with Gasteiger partial charge in [0.15, 0.2) is 0 Å². The van der Waals surface area contributed by atoms with Crippen LogP contribution in [0.1, 0.15) is 36.4 Å². The van der Waals surface area contributed by atoms with Crippen molar-refractivity contribution in [1.82, 2.24) is 4.90 Å². The van der Waals surface area contributed by atoms with Gasteiger partial charge in [-0.3, -0.25) is 4.79 Å². The highest BCUT2D eigenvalue weighted by atomic mass is 35.5. The van der Waals surface area contributed by atoms with Crippen LogP contribution in [0.2, 0.25) is 5.02 Å². The zero-order chi connectivity index (χ0) is 16.6. The van der Waals surface area contributed by atoms with Gasteiger partial charge in [-0.2, -0.15) is 0 Å². The van der Waals surface area contributed by atoms with Crippen LogP contribution in [0.4, 0.5) is 4.39 Å². The molecule has 4 heteroatoms. The Morgan fingerprint density at radius 2 is 1.87 bits per heavy atom. The molecule has 1 amide bonds. The summed E-state index contributed by atoms with van der Waals surface area (Å²) in [5.74, 6) is -0.121. The van der Waals surface area contributed by atoms with Gasteiger partial charge in [0.2, 0.25) is 5.91 Å². The molecule has 0 bridgehead atoms. The van der Waals surface area contributed by atoms with Crippen LogP contribution < -0.4 is 0 Å². The van der Waals surface area contributed by atoms with Crippen LogP contribution in [0, 0.1) is 11.7 Å². The zero-order valence-corrected chi connectivity index (χ0v) is 13.9. The average molecular weight is 332 g/mol. The molecule has 0 N–H and O–H groups in total. The maximum Gasteiger partial charge on any atom is 0.226 e. The highest BCUT2D eigenvalue weighted by molar-refractivity contribution is 6.31. The first-order valence-corrected chi connectivity index (χ1v) is 8.14. The second-order valence-electron chi connectivity index (χ2n) is 6.12. The van der Waals surface area contributed by atoms with Crippen molar-refractivity contribution < 1.29 is 9.18 Å². The monoisotopic (exact) mass is 331 g/mol. The fraction of sp³-hybridized carbons (Fsp3) is 0.316. The van der Waals surface area contributed by atoms with Gasteiger partial charge < -0.3 is 4.90 Å². The summed E-state index contributed by atoms with van der Waals surface area (Å²) in [5, 5.41) is 0.706. The third-order valence-electron chi connectivity index (χ3n) is 4.70. The minimum absolute atomic E-state index is 0.0469. The number of hydrogen-bond donors (Lipinski definition) is 0. The number of halogens is 2. The number of hydrogen-bond acceptors (Lipinski definition) is 1. The van der Waals surface area contributed by atoms with Crippen molar-refractivity contribution in [3.8, 4) is 0 Å². The molecule has 0 saturated heterocycles. The first-order valence-electron chi connectivity index (χ1n) is 7.76. The van der Waals surface area contributed by atoms with E-state index >= 15 is 0 Å². The minimum Gasteiger partial charge on any atom is -0.339 e. The summed E-state index contributed by atoms with van der Waals surface area (Å²) >= 11 is 6.21. The topological polar surface area (TPSA) is 20.3 Å². The molecule has 120 valence electrons. The summed E-state index contributed by atoms with van der Waals surface area (Å²) in [4.78, 5) is 14.3. The molecule has 2 nitrogen and oxygen atoms in total. The molecular weight excluding hydrogens is 313 g/mol. The van der Waals surface area contributed by atoms with Crippen LogP contribution in [-0.4, -0.2) is 17.9 Å². The van der Waals surface area contributed by atoms with E-state index < -0.39 is 0 Å². The maximum absolute atomic E-state index is 13.9. The molecule has 1 saturated carbocycles. The molecule has 3 unspecified atom stereocenters. The van der Waals surface area contributed by atoms with Crippen LogP contribution in [0.25, 0.3) is 0 Å². The van der Waals surface area contributed by atoms with E-state index in [0.29, 0.717) is 10.6 Å². The van der Waals surface area contributed by atoms with Crippen LogP contribution >= 0.6 is 11.6 Å². The third kappa shape index (κ3) is 3.11. The molecule has 2 aromatic carbocycles. The predicted molar refractivity (Wildman–Crippen MR) is 89.9 cm³/mol. The Morgan fingerprint density at radius 1 is 1.22 bits per heavy atom.